The molecule has 1 aliphatic heterocycles. The van der Waals surface area contributed by atoms with Gasteiger partial charge >= 0.3 is 0 Å². The van der Waals surface area contributed by atoms with Crippen LogP contribution < -0.4 is 0 Å². The Morgan fingerprint density at radius 1 is 1.28 bits per heavy atom. The standard InChI is InChI=1S/C25H36O4/c1-15(2)8-18-9-16(3)25(29-18)7-6-23(4)12-20-19(21(27)13-24(20,5)28)10-17(14-26)11-22(23)25/h8,10,14,16,18-20,22,28H,6-7,9,11-13H2,1-5H3/b17-10+/t16-,18-,19+,20-,22+,23+,24+,25-/m0/s1. The van der Waals surface area contributed by atoms with Crippen LogP contribution in [0.3, 0.4) is 0 Å². The summed E-state index contributed by atoms with van der Waals surface area (Å²) in [5.41, 5.74) is 0.710. The molecule has 8 atom stereocenters. The molecule has 0 aromatic heterocycles. The third-order valence-corrected chi connectivity index (χ3v) is 8.64. The number of Topliss-reactive ketones (excluding diaryl/α,β-unsaturated/α-hetero) is 1. The summed E-state index contributed by atoms with van der Waals surface area (Å²) in [4.78, 5) is 24.6. The molecule has 1 saturated heterocycles. The molecule has 4 rings (SSSR count). The molecule has 4 nitrogen and oxygen atoms in total. The second kappa shape index (κ2) is 6.88. The minimum absolute atomic E-state index is 0.0475. The zero-order valence-corrected chi connectivity index (χ0v) is 18.5. The largest absolute Gasteiger partial charge is 0.389 e. The van der Waals surface area contributed by atoms with Gasteiger partial charge in [-0.15, -0.1) is 0 Å². The lowest BCUT2D eigenvalue weighted by atomic mass is 9.62. The highest BCUT2D eigenvalue weighted by atomic mass is 16.5. The Hall–Kier alpha value is -1.26. The summed E-state index contributed by atoms with van der Waals surface area (Å²) in [6, 6.07) is 0. The van der Waals surface area contributed by atoms with Crippen molar-refractivity contribution < 1.29 is 19.4 Å². The van der Waals surface area contributed by atoms with Gasteiger partial charge in [0, 0.05) is 18.3 Å². The molecule has 1 N–H and O–H groups in total. The molecule has 29 heavy (non-hydrogen) atoms. The van der Waals surface area contributed by atoms with Crippen LogP contribution in [0.1, 0.15) is 73.1 Å². The van der Waals surface area contributed by atoms with Gasteiger partial charge in [0.2, 0.25) is 0 Å². The van der Waals surface area contributed by atoms with E-state index in [4.69, 9.17) is 4.74 Å². The van der Waals surface area contributed by atoms with Gasteiger partial charge in [-0.2, -0.15) is 0 Å². The molecule has 0 unspecified atom stereocenters. The molecule has 0 aromatic carbocycles. The van der Waals surface area contributed by atoms with Crippen molar-refractivity contribution in [1.82, 2.24) is 0 Å². The first-order valence-electron chi connectivity index (χ1n) is 11.2. The lowest BCUT2D eigenvalue weighted by molar-refractivity contribution is -0.120. The van der Waals surface area contributed by atoms with E-state index < -0.39 is 5.60 Å². The first kappa shape index (κ1) is 21.0. The fourth-order valence-electron chi connectivity index (χ4n) is 7.17. The number of hydrogen-bond donors (Lipinski definition) is 1. The first-order chi connectivity index (χ1) is 13.5. The van der Waals surface area contributed by atoms with Crippen molar-refractivity contribution in [3.8, 4) is 0 Å². The number of carbonyl (C=O) groups is 2. The van der Waals surface area contributed by atoms with Crippen molar-refractivity contribution in [2.24, 2.45) is 29.1 Å². The van der Waals surface area contributed by atoms with Crippen molar-refractivity contribution in [3.63, 3.8) is 0 Å². The summed E-state index contributed by atoms with van der Waals surface area (Å²) >= 11 is 0. The highest BCUT2D eigenvalue weighted by molar-refractivity contribution is 5.88. The van der Waals surface area contributed by atoms with Crippen molar-refractivity contribution >= 4 is 12.1 Å². The predicted octanol–water partition coefficient (Wildman–Crippen LogP) is 4.41. The van der Waals surface area contributed by atoms with Crippen LogP contribution in [0.25, 0.3) is 0 Å². The number of ketones is 1. The number of rotatable bonds is 2. The molecule has 1 heterocycles. The van der Waals surface area contributed by atoms with E-state index in [-0.39, 0.29) is 47.1 Å². The van der Waals surface area contributed by atoms with Gasteiger partial charge in [-0.05, 0) is 75.7 Å². The van der Waals surface area contributed by atoms with Gasteiger partial charge < -0.3 is 9.84 Å². The van der Waals surface area contributed by atoms with Crippen LogP contribution >= 0.6 is 0 Å². The molecule has 0 aromatic rings. The third-order valence-electron chi connectivity index (χ3n) is 8.64. The van der Waals surface area contributed by atoms with Crippen LogP contribution in [0.15, 0.2) is 23.3 Å². The molecule has 0 radical (unpaired) electrons. The summed E-state index contributed by atoms with van der Waals surface area (Å²) in [7, 11) is 0. The molecule has 4 aliphatic rings. The molecule has 3 fully saturated rings. The van der Waals surface area contributed by atoms with E-state index in [0.717, 1.165) is 32.0 Å². The Labute approximate surface area is 174 Å². The lowest BCUT2D eigenvalue weighted by Gasteiger charge is -2.45. The monoisotopic (exact) mass is 400 g/mol. The van der Waals surface area contributed by atoms with E-state index in [1.54, 1.807) is 6.92 Å². The fourth-order valence-corrected chi connectivity index (χ4v) is 7.17. The maximum Gasteiger partial charge on any atom is 0.145 e. The fraction of sp³-hybridized carbons (Fsp3) is 0.760. The summed E-state index contributed by atoms with van der Waals surface area (Å²) < 4.78 is 6.79. The van der Waals surface area contributed by atoms with Crippen molar-refractivity contribution in [3.05, 3.63) is 23.3 Å². The summed E-state index contributed by atoms with van der Waals surface area (Å²) in [6.07, 6.45) is 9.87. The van der Waals surface area contributed by atoms with E-state index in [9.17, 15) is 14.7 Å². The van der Waals surface area contributed by atoms with Crippen LogP contribution in [0, 0.1) is 29.1 Å². The molecule has 0 bridgehead atoms. The van der Waals surface area contributed by atoms with Crippen LogP contribution in [-0.4, -0.2) is 34.5 Å². The molecule has 2 saturated carbocycles. The molecule has 0 amide bonds. The third kappa shape index (κ3) is 3.27. The molecular weight excluding hydrogens is 364 g/mol. The van der Waals surface area contributed by atoms with E-state index in [1.165, 1.54) is 5.57 Å². The topological polar surface area (TPSA) is 63.6 Å². The maximum atomic E-state index is 12.6. The number of aliphatic hydroxyl groups is 1. The van der Waals surface area contributed by atoms with E-state index >= 15 is 0 Å². The predicted molar refractivity (Wildman–Crippen MR) is 112 cm³/mol. The average molecular weight is 401 g/mol. The average Bonchev–Trinajstić information content (AvgIpc) is 3.12. The Morgan fingerprint density at radius 3 is 2.66 bits per heavy atom. The van der Waals surface area contributed by atoms with Crippen molar-refractivity contribution in [1.29, 1.82) is 0 Å². The van der Waals surface area contributed by atoms with Crippen LogP contribution in [0.5, 0.6) is 0 Å². The summed E-state index contributed by atoms with van der Waals surface area (Å²) in [5, 5.41) is 11.0. The summed E-state index contributed by atoms with van der Waals surface area (Å²) in [5.74, 6) is 0.259. The Balaban J connectivity index is 1.75. The maximum absolute atomic E-state index is 12.6. The first-order valence-corrected chi connectivity index (χ1v) is 11.2. The number of aldehydes is 1. The van der Waals surface area contributed by atoms with Gasteiger partial charge in [0.1, 0.15) is 12.1 Å². The van der Waals surface area contributed by atoms with Gasteiger partial charge in [-0.3, -0.25) is 9.59 Å². The Kier molecular flexibility index (Phi) is 4.98. The van der Waals surface area contributed by atoms with Gasteiger partial charge in [-0.1, -0.05) is 31.6 Å². The minimum atomic E-state index is -1.00. The molecule has 160 valence electrons. The van der Waals surface area contributed by atoms with E-state index in [0.29, 0.717) is 17.9 Å². The smallest absolute Gasteiger partial charge is 0.145 e. The molecular formula is C25H36O4. The van der Waals surface area contributed by atoms with E-state index in [1.807, 2.05) is 6.08 Å². The zero-order chi connectivity index (χ0) is 21.2. The number of fused-ring (bicyclic) bond motifs is 3. The van der Waals surface area contributed by atoms with Crippen molar-refractivity contribution in [2.75, 3.05) is 0 Å². The Morgan fingerprint density at radius 2 is 2.00 bits per heavy atom. The Bertz CT molecular complexity index is 774. The number of allylic oxidation sites excluding steroid dienone is 3. The second-order valence-electron chi connectivity index (χ2n) is 11.1. The van der Waals surface area contributed by atoms with Gasteiger partial charge in [-0.25, -0.2) is 0 Å². The SMILES string of the molecule is CC(C)=C[C@H]1C[C@H](C)[C@]2(CC[C@]3(C)C[C@H]4[C@@H](/C=C(/C=O)C[C@H]32)C(=O)C[C@@]4(C)O)O1. The lowest BCUT2D eigenvalue weighted by Crippen LogP contribution is -2.46. The minimum Gasteiger partial charge on any atom is -0.389 e. The highest BCUT2D eigenvalue weighted by Gasteiger charge is 2.63. The van der Waals surface area contributed by atoms with Crippen LogP contribution in [0.4, 0.5) is 0 Å². The van der Waals surface area contributed by atoms with Gasteiger partial charge in [0.25, 0.3) is 0 Å². The molecule has 3 aliphatic carbocycles. The molecule has 1 spiro atoms. The highest BCUT2D eigenvalue weighted by Crippen LogP contribution is 2.64. The second-order valence-corrected chi connectivity index (χ2v) is 11.1. The van der Waals surface area contributed by atoms with Crippen molar-refractivity contribution in [2.45, 2.75) is 90.4 Å². The number of ether oxygens (including phenoxy) is 1. The van der Waals surface area contributed by atoms with Crippen LogP contribution in [-0.2, 0) is 14.3 Å². The van der Waals surface area contributed by atoms with Gasteiger partial charge in [0.15, 0.2) is 0 Å². The van der Waals surface area contributed by atoms with Gasteiger partial charge in [0.05, 0.1) is 17.3 Å². The zero-order valence-electron chi connectivity index (χ0n) is 18.5. The number of hydrogen-bond acceptors (Lipinski definition) is 4. The summed E-state index contributed by atoms with van der Waals surface area (Å²) in [6.45, 7) is 10.6. The normalized spacial score (nSPS) is 51.0. The number of carbonyl (C=O) groups excluding carboxylic acids is 2. The quantitative estimate of drug-likeness (QED) is 0.551. The molecule has 4 heteroatoms. The van der Waals surface area contributed by atoms with Crippen LogP contribution in [0.2, 0.25) is 0 Å². The van der Waals surface area contributed by atoms with E-state index in [2.05, 4.69) is 33.8 Å².